The summed E-state index contributed by atoms with van der Waals surface area (Å²) in [5.74, 6) is -2.36. The van der Waals surface area contributed by atoms with Crippen molar-refractivity contribution in [2.75, 3.05) is 14.2 Å². The van der Waals surface area contributed by atoms with Gasteiger partial charge < -0.3 is 31.0 Å². The molecule has 0 saturated heterocycles. The molecule has 0 radical (unpaired) electrons. The van der Waals surface area contributed by atoms with Gasteiger partial charge in [0.05, 0.1) is 49.5 Å². The summed E-state index contributed by atoms with van der Waals surface area (Å²) in [5.41, 5.74) is 14.6. The molecule has 76 heavy (non-hydrogen) atoms. The molecule has 0 spiro atoms. The van der Waals surface area contributed by atoms with Crippen molar-refractivity contribution in [1.82, 2.24) is 18.3 Å². The second-order valence-corrected chi connectivity index (χ2v) is 18.7. The summed E-state index contributed by atoms with van der Waals surface area (Å²) in [6, 6.07) is 35.2. The Bertz CT molecular complexity index is 3560. The standard InChI is InChI=1S/C28H27F2N3O3.C21H21FIN3O2.C7H8BFO3/c1-17-9-7-13-22(29)21(17)15-32-18(2)25(20-12-8-14-24(36-3)26(20)30)27(34)33(28(32)35)16-23(31)19-10-5-4-6-11-19;1-13-7-6-10-17(22)16(13)11-25-14(2)19(23)20(27)26(21(25)28)12-18(24)15-8-4-3-5-9-15;1-12-6-4-2-3-5(7(6)9)8(10)11/h4-14,23H,15-16,31H2,1-3H3;3-10,18H,11-12,24H2,1-2H3;2-4,10-11H,1H3/t23-;18-;/m00./s1. The van der Waals surface area contributed by atoms with Crippen LogP contribution in [0.2, 0.25) is 0 Å². The summed E-state index contributed by atoms with van der Waals surface area (Å²) >= 11 is 1.93. The lowest BCUT2D eigenvalue weighted by atomic mass is 9.80. The largest absolute Gasteiger partial charge is 0.494 e. The summed E-state index contributed by atoms with van der Waals surface area (Å²) in [7, 11) is 0.833. The van der Waals surface area contributed by atoms with Crippen LogP contribution in [0.1, 0.15) is 56.9 Å². The number of halogens is 5. The van der Waals surface area contributed by atoms with Gasteiger partial charge in [-0.3, -0.25) is 27.9 Å². The van der Waals surface area contributed by atoms with E-state index in [1.807, 2.05) is 71.1 Å². The molecular weight excluding hydrogens is 1100 g/mol. The second kappa shape index (κ2) is 25.9. The first-order valence-corrected chi connectivity index (χ1v) is 24.7. The van der Waals surface area contributed by atoms with Crippen molar-refractivity contribution in [1.29, 1.82) is 0 Å². The maximum Gasteiger partial charge on any atom is 0.491 e. The SMILES string of the molecule is COc1cccc(-c2c(C)n(Cc3c(C)cccc3F)c(=O)n(C[C@H](N)c3ccccc3)c2=O)c1F.COc1cccc(B(O)O)c1F.Cc1cccc(F)c1Cn1c(C)c(I)c(=O)n(C[C@H](N)c2ccccc2)c1=O. The predicted octanol–water partition coefficient (Wildman–Crippen LogP) is 6.96. The Hall–Kier alpha value is -7.37. The minimum absolute atomic E-state index is 0.000556. The molecule has 0 aliphatic heterocycles. The highest BCUT2D eigenvalue weighted by Gasteiger charge is 2.25. The Morgan fingerprint density at radius 3 is 1.41 bits per heavy atom. The fourth-order valence-corrected chi connectivity index (χ4v) is 8.96. The van der Waals surface area contributed by atoms with Gasteiger partial charge in [-0.05, 0) is 96.8 Å². The van der Waals surface area contributed by atoms with Crippen LogP contribution in [0, 0.1) is 54.5 Å². The number of methoxy groups -OCH3 is 2. The number of hydrogen-bond donors (Lipinski definition) is 4. The van der Waals surface area contributed by atoms with Gasteiger partial charge in [-0.1, -0.05) is 109 Å². The van der Waals surface area contributed by atoms with Crippen molar-refractivity contribution in [3.63, 3.8) is 0 Å². The number of ether oxygens (including phenoxy) is 2. The average molecular weight is 1150 g/mol. The smallest absolute Gasteiger partial charge is 0.491 e. The van der Waals surface area contributed by atoms with Gasteiger partial charge in [0, 0.05) is 45.6 Å². The van der Waals surface area contributed by atoms with E-state index < -0.39 is 53.6 Å². The van der Waals surface area contributed by atoms with Crippen LogP contribution in [-0.4, -0.2) is 49.7 Å². The van der Waals surface area contributed by atoms with Crippen LogP contribution in [0.3, 0.4) is 0 Å². The van der Waals surface area contributed by atoms with Gasteiger partial charge in [-0.2, -0.15) is 0 Å². The topological polar surface area (TPSA) is 199 Å². The number of benzene rings is 6. The molecule has 8 aromatic rings. The van der Waals surface area contributed by atoms with Crippen LogP contribution in [0.15, 0.2) is 153 Å². The molecule has 6 N–H and O–H groups in total. The molecule has 6 aromatic carbocycles. The van der Waals surface area contributed by atoms with Crippen LogP contribution in [0.4, 0.5) is 17.6 Å². The van der Waals surface area contributed by atoms with Crippen molar-refractivity contribution in [2.45, 2.75) is 66.0 Å². The Balaban J connectivity index is 0.000000207. The van der Waals surface area contributed by atoms with E-state index in [4.69, 9.17) is 26.3 Å². The Labute approximate surface area is 449 Å². The van der Waals surface area contributed by atoms with E-state index in [1.165, 1.54) is 65.8 Å². The lowest BCUT2D eigenvalue weighted by Gasteiger charge is -2.21. The van der Waals surface area contributed by atoms with Gasteiger partial charge in [0.2, 0.25) is 0 Å². The third-order valence-corrected chi connectivity index (χ3v) is 14.0. The van der Waals surface area contributed by atoms with E-state index in [9.17, 15) is 32.3 Å². The molecule has 0 fully saturated rings. The number of rotatable bonds is 14. The highest BCUT2D eigenvalue weighted by atomic mass is 127. The summed E-state index contributed by atoms with van der Waals surface area (Å²) in [6.07, 6.45) is 0. The van der Waals surface area contributed by atoms with Crippen molar-refractivity contribution >= 4 is 35.2 Å². The summed E-state index contributed by atoms with van der Waals surface area (Å²) in [4.78, 5) is 53.1. The van der Waals surface area contributed by atoms with E-state index in [0.717, 1.165) is 25.8 Å². The third kappa shape index (κ3) is 13.0. The van der Waals surface area contributed by atoms with Crippen LogP contribution in [0.25, 0.3) is 11.1 Å². The zero-order valence-corrected chi connectivity index (χ0v) is 44.6. The minimum atomic E-state index is -1.81. The number of hydrogen-bond acceptors (Lipinski definition) is 10. The molecule has 396 valence electrons. The van der Waals surface area contributed by atoms with Crippen molar-refractivity contribution in [3.05, 3.63) is 247 Å². The quantitative estimate of drug-likeness (QED) is 0.0502. The molecule has 0 amide bonds. The zero-order valence-electron chi connectivity index (χ0n) is 42.4. The number of nitrogens with zero attached hydrogens (tertiary/aromatic N) is 4. The highest BCUT2D eigenvalue weighted by Crippen LogP contribution is 2.29. The van der Waals surface area contributed by atoms with Gasteiger partial charge in [-0.25, -0.2) is 27.2 Å². The van der Waals surface area contributed by atoms with Gasteiger partial charge in [-0.15, -0.1) is 0 Å². The minimum Gasteiger partial charge on any atom is -0.494 e. The Morgan fingerprint density at radius 1 is 0.539 bits per heavy atom. The van der Waals surface area contributed by atoms with Gasteiger partial charge in [0.15, 0.2) is 23.1 Å². The zero-order chi connectivity index (χ0) is 55.5. The number of aromatic nitrogens is 4. The molecule has 2 atom stereocenters. The molecule has 0 aliphatic rings. The summed E-state index contributed by atoms with van der Waals surface area (Å²) in [5, 5.41) is 17.4. The molecule has 0 aliphatic carbocycles. The molecule has 0 unspecified atom stereocenters. The van der Waals surface area contributed by atoms with Gasteiger partial charge in [0.25, 0.3) is 11.1 Å². The first kappa shape index (κ1) is 57.9. The average Bonchev–Trinajstić information content (AvgIpc) is 3.42. The van der Waals surface area contributed by atoms with E-state index in [1.54, 1.807) is 70.2 Å². The van der Waals surface area contributed by atoms with Crippen molar-refractivity contribution < 1.29 is 37.1 Å². The first-order valence-electron chi connectivity index (χ1n) is 23.7. The second-order valence-electron chi connectivity index (χ2n) is 17.6. The molecule has 14 nitrogen and oxygen atoms in total. The Kier molecular flexibility index (Phi) is 19.8. The third-order valence-electron chi connectivity index (χ3n) is 12.8. The first-order chi connectivity index (χ1) is 36.2. The molecule has 0 saturated carbocycles. The molecule has 0 bridgehead atoms. The van der Waals surface area contributed by atoms with E-state index in [2.05, 4.69) is 4.74 Å². The Morgan fingerprint density at radius 2 is 0.961 bits per heavy atom. The highest BCUT2D eigenvalue weighted by molar-refractivity contribution is 14.1. The fourth-order valence-electron chi connectivity index (χ4n) is 8.37. The molecule has 2 aromatic heterocycles. The van der Waals surface area contributed by atoms with Crippen molar-refractivity contribution in [2.24, 2.45) is 11.5 Å². The number of aryl methyl sites for hydroxylation is 2. The van der Waals surface area contributed by atoms with Crippen molar-refractivity contribution in [3.8, 4) is 22.6 Å². The monoisotopic (exact) mass is 1150 g/mol. The lowest BCUT2D eigenvalue weighted by molar-refractivity contribution is 0.384. The van der Waals surface area contributed by atoms with Gasteiger partial charge >= 0.3 is 18.5 Å². The van der Waals surface area contributed by atoms with Crippen LogP contribution < -0.4 is 48.9 Å². The van der Waals surface area contributed by atoms with Crippen LogP contribution in [-0.2, 0) is 26.2 Å². The summed E-state index contributed by atoms with van der Waals surface area (Å²) in [6.45, 7) is 6.61. The maximum atomic E-state index is 15.3. The summed E-state index contributed by atoms with van der Waals surface area (Å²) < 4.78 is 72.4. The number of nitrogens with two attached hydrogens (primary N) is 2. The maximum absolute atomic E-state index is 15.3. The molecular formula is C56H56BF4IN6O8. The lowest BCUT2D eigenvalue weighted by Crippen LogP contribution is -2.44. The van der Waals surface area contributed by atoms with Gasteiger partial charge in [0.1, 0.15) is 11.6 Å². The predicted molar refractivity (Wildman–Crippen MR) is 294 cm³/mol. The van der Waals surface area contributed by atoms with E-state index >= 15 is 4.39 Å². The van der Waals surface area contributed by atoms with E-state index in [-0.39, 0.29) is 71.3 Å². The normalized spacial score (nSPS) is 11.7. The van der Waals surface area contributed by atoms with Crippen LogP contribution in [0.5, 0.6) is 11.5 Å². The van der Waals surface area contributed by atoms with Crippen LogP contribution >= 0.6 is 22.6 Å². The molecule has 2 heterocycles. The molecule has 20 heteroatoms. The van der Waals surface area contributed by atoms with E-state index in [0.29, 0.717) is 26.0 Å². The molecule has 8 rings (SSSR count). The fraction of sp³-hybridized carbons (Fsp3) is 0.214.